The zero-order valence-corrected chi connectivity index (χ0v) is 50.5. The highest BCUT2D eigenvalue weighted by Gasteiger charge is 2.72. The Morgan fingerprint density at radius 1 is 0.712 bits per heavy atom. The molecule has 3 heterocycles. The van der Waals surface area contributed by atoms with Crippen LogP contribution >= 0.6 is 0 Å². The average Bonchev–Trinajstić information content (AvgIpc) is 3.35. The molecule has 3 saturated heterocycles. The van der Waals surface area contributed by atoms with Gasteiger partial charge in [0, 0.05) is 18.9 Å². The van der Waals surface area contributed by atoms with Gasteiger partial charge < -0.3 is 42.4 Å². The fourth-order valence-electron chi connectivity index (χ4n) is 18.1. The second kappa shape index (κ2) is 21.2. The van der Waals surface area contributed by atoms with Crippen LogP contribution in [0.15, 0.2) is 11.6 Å². The Morgan fingerprint density at radius 2 is 1.38 bits per heavy atom. The molecule has 0 bridgehead atoms. The molecular weight excluding hydrogens is 933 g/mol. The van der Waals surface area contributed by atoms with Crippen molar-refractivity contribution in [2.45, 2.75) is 269 Å². The Morgan fingerprint density at radius 3 is 2.00 bits per heavy atom. The third-order valence-corrected chi connectivity index (χ3v) is 29.0. The number of allylic oxidation sites excluding steroid dienone is 2. The van der Waals surface area contributed by atoms with Crippen molar-refractivity contribution in [3.05, 3.63) is 18.3 Å². The van der Waals surface area contributed by atoms with Crippen LogP contribution in [0.1, 0.15) is 189 Å². The van der Waals surface area contributed by atoms with E-state index in [-0.39, 0.29) is 81.6 Å². The van der Waals surface area contributed by atoms with Crippen LogP contribution in [0.5, 0.6) is 0 Å². The smallest absolute Gasteiger partial charge is 0.192 e. The van der Waals surface area contributed by atoms with Crippen molar-refractivity contribution in [3.63, 3.8) is 0 Å². The average molecular weight is 1040 g/mol. The summed E-state index contributed by atoms with van der Waals surface area (Å²) in [5.41, 5.74) is 0.0512. The minimum Gasteiger partial charge on any atom is -0.408 e. The van der Waals surface area contributed by atoms with E-state index >= 15 is 0 Å². The standard InChI is InChI=1S/C62H105O10Si/c1-20-46-39(8)40(9)52(72-73(21-2,22-3)23-4)56(68-46)71-53-51(70-54-41(10)37(6)38(7)42(11)67-54)36(5)34-66-55(53)69-49-27-28-58(15)47(59(49,16)35-63)26-29-60(17)48(58)25-24-44-45-32-57(13,14)30-31-62(45,43(12)64)50(65-19)33-61(44,60)18/h24,34-42,45-56H,20-23,25-33H2,1-19H3/t36-,37?,38-,39+,40-,41?,42-,45?,46?,47+,48?,49-,50?,51-,52?,53?,54+,55-,56-,58?,59+,60-,61+,62+/m0/s1. The van der Waals surface area contributed by atoms with E-state index in [1.165, 1.54) is 11.9 Å². The van der Waals surface area contributed by atoms with E-state index in [0.29, 0.717) is 30.0 Å². The molecule has 0 N–H and O–H groups in total. The van der Waals surface area contributed by atoms with Crippen LogP contribution in [0.25, 0.3) is 0 Å². The largest absolute Gasteiger partial charge is 0.408 e. The Balaban J connectivity index is 1.13. The molecule has 0 aromatic carbocycles. The third-order valence-electron chi connectivity index (χ3n) is 24.3. The monoisotopic (exact) mass is 1040 g/mol. The maximum absolute atomic E-state index is 14.3. The molecule has 9 unspecified atom stereocenters. The van der Waals surface area contributed by atoms with Gasteiger partial charge in [-0.3, -0.25) is 4.79 Å². The summed E-state index contributed by atoms with van der Waals surface area (Å²) in [5, 5.41) is 0. The Bertz CT molecular complexity index is 1980. The number of carbonyl (C=O) groups excluding carboxylic acids is 2. The van der Waals surface area contributed by atoms with E-state index in [1.807, 2.05) is 20.6 Å². The predicted molar refractivity (Wildman–Crippen MR) is 290 cm³/mol. The van der Waals surface area contributed by atoms with Gasteiger partial charge in [0.05, 0.1) is 54.1 Å². The summed E-state index contributed by atoms with van der Waals surface area (Å²) < 4.78 is 56.9. The van der Waals surface area contributed by atoms with Crippen molar-refractivity contribution in [2.24, 2.45) is 85.8 Å². The number of methoxy groups -OCH3 is 1. The first-order valence-corrected chi connectivity index (χ1v) is 32.4. The summed E-state index contributed by atoms with van der Waals surface area (Å²) in [5.74, 6) is 2.14. The van der Waals surface area contributed by atoms with Crippen LogP contribution in [0.3, 0.4) is 0 Å². The van der Waals surface area contributed by atoms with Crippen molar-refractivity contribution < 1.29 is 47.2 Å². The van der Waals surface area contributed by atoms with Crippen LogP contribution in [0.2, 0.25) is 18.1 Å². The van der Waals surface area contributed by atoms with E-state index in [2.05, 4.69) is 124 Å². The maximum Gasteiger partial charge on any atom is 0.192 e. The molecule has 0 amide bonds. The highest BCUT2D eigenvalue weighted by molar-refractivity contribution is 6.73. The summed E-state index contributed by atoms with van der Waals surface area (Å²) in [6.07, 6.45) is 9.05. The lowest BCUT2D eigenvalue weighted by Gasteiger charge is -2.72. The van der Waals surface area contributed by atoms with E-state index in [1.54, 1.807) is 0 Å². The summed E-state index contributed by atoms with van der Waals surface area (Å²) in [6.45, 7) is 43.1. The van der Waals surface area contributed by atoms with Gasteiger partial charge in [-0.05, 0) is 159 Å². The molecule has 5 aliphatic carbocycles. The number of carbonyl (C=O) groups is 2. The molecule has 4 saturated carbocycles. The lowest BCUT2D eigenvalue weighted by atomic mass is 9.33. The Hall–Kier alpha value is -1.02. The quantitative estimate of drug-likeness (QED) is 0.0681. The van der Waals surface area contributed by atoms with Gasteiger partial charge in [0.15, 0.2) is 27.2 Å². The van der Waals surface area contributed by atoms with Gasteiger partial charge in [-0.25, -0.2) is 0 Å². The highest BCUT2D eigenvalue weighted by atomic mass is 28.4. The second-order valence-electron chi connectivity index (χ2n) is 27.9. The van der Waals surface area contributed by atoms with Crippen LogP contribution in [-0.4, -0.2) is 89.1 Å². The molecule has 7 fully saturated rings. The van der Waals surface area contributed by atoms with Crippen molar-refractivity contribution in [3.8, 4) is 0 Å². The van der Waals surface area contributed by atoms with Gasteiger partial charge in [-0.2, -0.15) is 0 Å². The van der Waals surface area contributed by atoms with Crippen LogP contribution in [0.4, 0.5) is 0 Å². The van der Waals surface area contributed by atoms with E-state index in [4.69, 9.17) is 37.6 Å². The lowest BCUT2D eigenvalue weighted by molar-refractivity contribution is -0.365. The van der Waals surface area contributed by atoms with Crippen molar-refractivity contribution >= 4 is 20.4 Å². The highest BCUT2D eigenvalue weighted by Crippen LogP contribution is 2.76. The molecule has 11 heteroatoms. The van der Waals surface area contributed by atoms with Gasteiger partial charge in [0.1, 0.15) is 18.2 Å². The van der Waals surface area contributed by atoms with E-state index in [0.717, 1.165) is 75.9 Å². The predicted octanol–water partition coefficient (Wildman–Crippen LogP) is 13.9. The second-order valence-corrected chi connectivity index (χ2v) is 32.6. The molecule has 417 valence electrons. The zero-order chi connectivity index (χ0) is 53.6. The number of ether oxygens (including phenoxy) is 7. The SMILES string of the molecule is CCC1O[C@@H](OC2[C@H](O[C@H]3CCC4(C)C5CC=C6C7CC(C)(C)CC[C@]7(C(C)=O)C(OC)C[C@@]6(C)[C@@]5(C)CC[C@H]4[C@@]3(C)C=O)O[CH][C@H](C)[C@@H]2O[C@H]2O[C@@H](C)[C@@H](C)C(C)C2C)C(O[Si](CC)(CC)CC)[C@@H](C)[C@H]1C. The van der Waals surface area contributed by atoms with Crippen molar-refractivity contribution in [2.75, 3.05) is 7.11 Å². The molecule has 3 aliphatic heterocycles. The maximum atomic E-state index is 14.3. The van der Waals surface area contributed by atoms with Gasteiger partial charge in [-0.1, -0.05) is 122 Å². The van der Waals surface area contributed by atoms with Gasteiger partial charge in [0.25, 0.3) is 0 Å². The number of hydrogen-bond acceptors (Lipinski definition) is 10. The topological polar surface area (TPSA) is 108 Å². The fourth-order valence-corrected chi connectivity index (χ4v) is 21.0. The molecule has 8 rings (SSSR count). The van der Waals surface area contributed by atoms with Crippen molar-refractivity contribution in [1.82, 2.24) is 0 Å². The van der Waals surface area contributed by atoms with Gasteiger partial charge in [-0.15, -0.1) is 0 Å². The van der Waals surface area contributed by atoms with Gasteiger partial charge >= 0.3 is 0 Å². The van der Waals surface area contributed by atoms with Crippen LogP contribution < -0.4 is 0 Å². The Kier molecular flexibility index (Phi) is 16.9. The fraction of sp³-hybridized carbons (Fsp3) is 0.919. The molecule has 1 radical (unpaired) electrons. The van der Waals surface area contributed by atoms with E-state index in [9.17, 15) is 9.59 Å². The van der Waals surface area contributed by atoms with E-state index < -0.39 is 56.3 Å². The first-order valence-electron chi connectivity index (χ1n) is 29.9. The number of Topliss-reactive ketones (excluding diaryl/α,β-unsaturated/α-hetero) is 1. The summed E-state index contributed by atoms with van der Waals surface area (Å²) in [7, 11) is -0.267. The van der Waals surface area contributed by atoms with Crippen molar-refractivity contribution in [1.29, 1.82) is 0 Å². The summed E-state index contributed by atoms with van der Waals surface area (Å²) in [6, 6.07) is 3.08. The number of hydrogen-bond donors (Lipinski definition) is 0. The Labute approximate surface area is 445 Å². The number of rotatable bonds is 15. The summed E-state index contributed by atoms with van der Waals surface area (Å²) >= 11 is 0. The molecular formula is C62H105O10Si. The van der Waals surface area contributed by atoms with Crippen LogP contribution in [0, 0.1) is 92.4 Å². The lowest BCUT2D eigenvalue weighted by Crippen LogP contribution is -2.68. The zero-order valence-electron chi connectivity index (χ0n) is 49.5. The number of aldehydes is 1. The molecule has 0 aromatic rings. The normalized spacial score (nSPS) is 50.9. The number of fused-ring (bicyclic) bond motifs is 7. The number of ketones is 1. The van der Waals surface area contributed by atoms with Gasteiger partial charge in [0.2, 0.25) is 0 Å². The molecule has 0 spiro atoms. The molecule has 73 heavy (non-hydrogen) atoms. The first kappa shape index (κ1) is 58.1. The minimum absolute atomic E-state index is 0.00238. The minimum atomic E-state index is -2.11. The molecule has 24 atom stereocenters. The molecule has 8 aliphatic rings. The molecule has 10 nitrogen and oxygen atoms in total. The third kappa shape index (κ3) is 9.36. The summed E-state index contributed by atoms with van der Waals surface area (Å²) in [4.78, 5) is 28.3. The molecule has 0 aromatic heterocycles. The van der Waals surface area contributed by atoms with Crippen LogP contribution in [-0.2, 0) is 47.2 Å². The first-order chi connectivity index (χ1) is 34.2.